The summed E-state index contributed by atoms with van der Waals surface area (Å²) in [4.78, 5) is 8.88. The summed E-state index contributed by atoms with van der Waals surface area (Å²) in [5.41, 5.74) is -0.863. The van der Waals surface area contributed by atoms with E-state index in [0.29, 0.717) is 22.8 Å². The standard InChI is InChI=1S/C21H21BrF4N4O2/c1-11(13-5-4-6-15(18(13)23)21(24,25)26)28-19-14-9-12(22)7-8-16(14)29-20(30-19)27-10-17(31-2)32-3/h4-9,11,17H,10H2,1-3H3,(H2,27,28,29,30). The van der Waals surface area contributed by atoms with Gasteiger partial charge in [-0.1, -0.05) is 28.1 Å². The number of halogens is 5. The molecule has 1 unspecified atom stereocenters. The lowest BCUT2D eigenvalue weighted by Gasteiger charge is -2.20. The number of anilines is 2. The minimum atomic E-state index is -4.79. The predicted octanol–water partition coefficient (Wildman–Crippen LogP) is 5.75. The molecule has 0 bridgehead atoms. The molecule has 2 N–H and O–H groups in total. The minimum Gasteiger partial charge on any atom is -0.363 e. The molecule has 3 aromatic rings. The predicted molar refractivity (Wildman–Crippen MR) is 117 cm³/mol. The smallest absolute Gasteiger partial charge is 0.363 e. The number of rotatable bonds is 8. The third-order valence-electron chi connectivity index (χ3n) is 4.76. The third kappa shape index (κ3) is 5.45. The van der Waals surface area contributed by atoms with Crippen LogP contribution >= 0.6 is 15.9 Å². The maximum atomic E-state index is 14.6. The summed E-state index contributed by atoms with van der Waals surface area (Å²) in [7, 11) is 2.99. The Morgan fingerprint density at radius 3 is 2.47 bits per heavy atom. The second kappa shape index (κ2) is 9.97. The summed E-state index contributed by atoms with van der Waals surface area (Å²) in [5, 5.41) is 6.63. The van der Waals surface area contributed by atoms with E-state index in [1.54, 1.807) is 25.1 Å². The van der Waals surface area contributed by atoms with Crippen LogP contribution in [-0.4, -0.2) is 37.0 Å². The summed E-state index contributed by atoms with van der Waals surface area (Å²) in [6, 6.07) is 7.71. The topological polar surface area (TPSA) is 68.3 Å². The first-order chi connectivity index (χ1) is 15.1. The van der Waals surface area contributed by atoms with Crippen molar-refractivity contribution in [3.05, 3.63) is 57.8 Å². The van der Waals surface area contributed by atoms with E-state index < -0.39 is 29.9 Å². The Kier molecular flexibility index (Phi) is 7.52. The summed E-state index contributed by atoms with van der Waals surface area (Å²) in [6.45, 7) is 1.82. The second-order valence-corrected chi connectivity index (χ2v) is 7.83. The van der Waals surface area contributed by atoms with Gasteiger partial charge in [-0.15, -0.1) is 0 Å². The fraction of sp³-hybridized carbons (Fsp3) is 0.333. The van der Waals surface area contributed by atoms with Crippen LogP contribution in [0.25, 0.3) is 10.9 Å². The van der Waals surface area contributed by atoms with E-state index in [0.717, 1.165) is 4.47 Å². The van der Waals surface area contributed by atoms with Gasteiger partial charge >= 0.3 is 6.18 Å². The second-order valence-electron chi connectivity index (χ2n) is 6.91. The van der Waals surface area contributed by atoms with Crippen LogP contribution in [0.2, 0.25) is 0 Å². The van der Waals surface area contributed by atoms with Crippen LogP contribution < -0.4 is 10.6 Å². The van der Waals surface area contributed by atoms with E-state index in [1.165, 1.54) is 26.4 Å². The lowest BCUT2D eigenvalue weighted by molar-refractivity contribution is -0.140. The maximum Gasteiger partial charge on any atom is 0.419 e. The molecule has 11 heteroatoms. The SMILES string of the molecule is COC(CNc1nc(NC(C)c2cccc(C(F)(F)F)c2F)c2cc(Br)ccc2n1)OC. The molecular weight excluding hydrogens is 496 g/mol. The highest BCUT2D eigenvalue weighted by molar-refractivity contribution is 9.10. The molecule has 0 saturated carbocycles. The normalized spacial score (nSPS) is 12.9. The number of alkyl halides is 3. The van der Waals surface area contributed by atoms with Crippen LogP contribution in [0.4, 0.5) is 29.3 Å². The van der Waals surface area contributed by atoms with Crippen molar-refractivity contribution in [1.29, 1.82) is 0 Å². The van der Waals surface area contributed by atoms with Crippen molar-refractivity contribution in [3.63, 3.8) is 0 Å². The first-order valence-electron chi connectivity index (χ1n) is 9.53. The fourth-order valence-electron chi connectivity index (χ4n) is 3.11. The summed E-state index contributed by atoms with van der Waals surface area (Å²) < 4.78 is 65.0. The van der Waals surface area contributed by atoms with E-state index in [-0.39, 0.29) is 18.1 Å². The van der Waals surface area contributed by atoms with Crippen LogP contribution in [0.3, 0.4) is 0 Å². The number of methoxy groups -OCH3 is 2. The van der Waals surface area contributed by atoms with E-state index in [4.69, 9.17) is 9.47 Å². The minimum absolute atomic E-state index is 0.130. The molecule has 32 heavy (non-hydrogen) atoms. The van der Waals surface area contributed by atoms with Crippen molar-refractivity contribution in [2.75, 3.05) is 31.4 Å². The maximum absolute atomic E-state index is 14.6. The Morgan fingerprint density at radius 2 is 1.81 bits per heavy atom. The Morgan fingerprint density at radius 1 is 1.09 bits per heavy atom. The zero-order chi connectivity index (χ0) is 23.5. The molecule has 1 aromatic heterocycles. The molecular formula is C21H21BrF4N4O2. The highest BCUT2D eigenvalue weighted by Gasteiger charge is 2.35. The van der Waals surface area contributed by atoms with E-state index in [1.807, 2.05) is 0 Å². The van der Waals surface area contributed by atoms with Gasteiger partial charge in [0.05, 0.1) is 23.7 Å². The average Bonchev–Trinajstić information content (AvgIpc) is 2.74. The highest BCUT2D eigenvalue weighted by atomic mass is 79.9. The van der Waals surface area contributed by atoms with Crippen LogP contribution in [0, 0.1) is 5.82 Å². The number of hydrogen-bond donors (Lipinski definition) is 2. The fourth-order valence-corrected chi connectivity index (χ4v) is 3.47. The number of fused-ring (bicyclic) bond motifs is 1. The lowest BCUT2D eigenvalue weighted by Crippen LogP contribution is -2.24. The molecule has 1 atom stereocenters. The van der Waals surface area contributed by atoms with Crippen molar-refractivity contribution in [3.8, 4) is 0 Å². The van der Waals surface area contributed by atoms with Crippen molar-refractivity contribution in [1.82, 2.24) is 9.97 Å². The number of nitrogens with one attached hydrogen (secondary N) is 2. The van der Waals surface area contributed by atoms with Gasteiger partial charge in [0, 0.05) is 29.6 Å². The van der Waals surface area contributed by atoms with Gasteiger partial charge in [0.25, 0.3) is 0 Å². The lowest BCUT2D eigenvalue weighted by atomic mass is 10.0. The van der Waals surface area contributed by atoms with Gasteiger partial charge in [0.15, 0.2) is 6.29 Å². The quantitative estimate of drug-likeness (QED) is 0.293. The molecule has 0 aliphatic heterocycles. The summed E-state index contributed by atoms with van der Waals surface area (Å²) >= 11 is 3.39. The van der Waals surface area contributed by atoms with Crippen molar-refractivity contribution in [2.45, 2.75) is 25.4 Å². The molecule has 0 aliphatic carbocycles. The molecule has 0 fully saturated rings. The van der Waals surface area contributed by atoms with Gasteiger partial charge in [0.2, 0.25) is 5.95 Å². The number of ether oxygens (including phenoxy) is 2. The van der Waals surface area contributed by atoms with E-state index in [2.05, 4.69) is 36.5 Å². The molecule has 0 amide bonds. The van der Waals surface area contributed by atoms with Crippen molar-refractivity contribution < 1.29 is 27.0 Å². The zero-order valence-electron chi connectivity index (χ0n) is 17.4. The van der Waals surface area contributed by atoms with Gasteiger partial charge in [-0.2, -0.15) is 18.2 Å². The molecule has 0 radical (unpaired) electrons. The molecule has 3 rings (SSSR count). The molecule has 2 aromatic carbocycles. The Hall–Kier alpha value is -2.50. The summed E-state index contributed by atoms with van der Waals surface area (Å²) in [6.07, 6.45) is -5.32. The molecule has 172 valence electrons. The molecule has 0 saturated heterocycles. The number of hydrogen-bond acceptors (Lipinski definition) is 6. The number of aromatic nitrogens is 2. The highest BCUT2D eigenvalue weighted by Crippen LogP contribution is 2.35. The first-order valence-corrected chi connectivity index (χ1v) is 10.3. The summed E-state index contributed by atoms with van der Waals surface area (Å²) in [5.74, 6) is -0.742. The number of nitrogens with zero attached hydrogens (tertiary/aromatic N) is 2. The molecule has 0 spiro atoms. The Bertz CT molecular complexity index is 1090. The van der Waals surface area contributed by atoms with Crippen LogP contribution in [0.5, 0.6) is 0 Å². The van der Waals surface area contributed by atoms with Gasteiger partial charge in [-0.3, -0.25) is 0 Å². The van der Waals surface area contributed by atoms with Crippen LogP contribution in [0.1, 0.15) is 24.1 Å². The van der Waals surface area contributed by atoms with Crippen molar-refractivity contribution in [2.24, 2.45) is 0 Å². The number of benzene rings is 2. The van der Waals surface area contributed by atoms with Crippen molar-refractivity contribution >= 4 is 38.6 Å². The van der Waals surface area contributed by atoms with E-state index in [9.17, 15) is 17.6 Å². The molecule has 1 heterocycles. The average molecular weight is 517 g/mol. The molecule has 6 nitrogen and oxygen atoms in total. The Labute approximate surface area is 190 Å². The third-order valence-corrected chi connectivity index (χ3v) is 5.26. The zero-order valence-corrected chi connectivity index (χ0v) is 19.0. The largest absolute Gasteiger partial charge is 0.419 e. The first kappa shape index (κ1) is 24.1. The molecule has 0 aliphatic rings. The van der Waals surface area contributed by atoms with Crippen LogP contribution in [0.15, 0.2) is 40.9 Å². The monoisotopic (exact) mass is 516 g/mol. The van der Waals surface area contributed by atoms with E-state index >= 15 is 0 Å². The Balaban J connectivity index is 1.97. The van der Waals surface area contributed by atoms with Gasteiger partial charge in [0.1, 0.15) is 11.6 Å². The van der Waals surface area contributed by atoms with Crippen LogP contribution in [-0.2, 0) is 15.7 Å². The van der Waals surface area contributed by atoms with Gasteiger partial charge in [-0.05, 0) is 31.2 Å². The van der Waals surface area contributed by atoms with Gasteiger partial charge in [-0.25, -0.2) is 9.37 Å². The van der Waals surface area contributed by atoms with Gasteiger partial charge < -0.3 is 20.1 Å².